The first-order valence-electron chi connectivity index (χ1n) is 8.90. The fraction of sp³-hybridized carbons (Fsp3) is 0.889. The average Bonchev–Trinajstić information content (AvgIpc) is 2.44. The number of rotatable bonds is 13. The topological polar surface area (TPSA) is 46.6 Å². The minimum absolute atomic E-state index is 0.0312. The lowest BCUT2D eigenvalue weighted by Gasteiger charge is -2.17. The molecule has 4 heteroatoms. The van der Waals surface area contributed by atoms with Gasteiger partial charge >= 0.3 is 5.97 Å². The highest BCUT2D eigenvalue weighted by Gasteiger charge is 2.14. The monoisotopic (exact) mass is 313 g/mol. The van der Waals surface area contributed by atoms with Crippen LogP contribution >= 0.6 is 0 Å². The van der Waals surface area contributed by atoms with Crippen molar-refractivity contribution in [2.24, 2.45) is 0 Å². The molecule has 0 saturated carbocycles. The van der Waals surface area contributed by atoms with E-state index in [0.29, 0.717) is 6.42 Å². The summed E-state index contributed by atoms with van der Waals surface area (Å²) in [6.45, 7) is 5.90. The lowest BCUT2D eigenvalue weighted by atomic mass is 10.1. The highest BCUT2D eigenvalue weighted by Crippen LogP contribution is 2.11. The second kappa shape index (κ2) is 13.6. The number of likely N-dealkylation sites (N-methyl/N-ethyl adjacent to an activating group) is 1. The molecule has 0 radical (unpaired) electrons. The zero-order valence-electron chi connectivity index (χ0n) is 15.0. The van der Waals surface area contributed by atoms with Crippen LogP contribution in [0.1, 0.15) is 85.0 Å². The van der Waals surface area contributed by atoms with Gasteiger partial charge in [0.05, 0.1) is 6.10 Å². The van der Waals surface area contributed by atoms with Crippen LogP contribution in [-0.2, 0) is 14.3 Å². The molecule has 22 heavy (non-hydrogen) atoms. The van der Waals surface area contributed by atoms with Gasteiger partial charge in [-0.1, -0.05) is 58.3 Å². The first-order chi connectivity index (χ1) is 10.5. The van der Waals surface area contributed by atoms with Crippen LogP contribution in [0.4, 0.5) is 0 Å². The van der Waals surface area contributed by atoms with Crippen molar-refractivity contribution in [2.75, 3.05) is 13.6 Å². The van der Waals surface area contributed by atoms with Crippen molar-refractivity contribution in [3.63, 3.8) is 0 Å². The summed E-state index contributed by atoms with van der Waals surface area (Å²) in [5.74, 6) is -0.304. The number of carbonyl (C=O) groups excluding carboxylic acids is 2. The molecular formula is C18H35NO3. The standard InChI is InChI=1S/C18H35NO3/c1-5-6-7-8-9-10-11-12-13-14-17(20)19(4)15-18(21)22-16(2)3/h16H,5-15H2,1-4H3. The maximum Gasteiger partial charge on any atom is 0.325 e. The smallest absolute Gasteiger partial charge is 0.325 e. The number of unbranched alkanes of at least 4 members (excludes halogenated alkanes) is 8. The summed E-state index contributed by atoms with van der Waals surface area (Å²) < 4.78 is 5.04. The van der Waals surface area contributed by atoms with Crippen LogP contribution in [0.3, 0.4) is 0 Å². The number of hydrogen-bond donors (Lipinski definition) is 0. The predicted molar refractivity (Wildman–Crippen MR) is 90.7 cm³/mol. The van der Waals surface area contributed by atoms with Crippen molar-refractivity contribution in [3.05, 3.63) is 0 Å². The van der Waals surface area contributed by atoms with E-state index in [1.807, 2.05) is 13.8 Å². The Morgan fingerprint density at radius 3 is 1.91 bits per heavy atom. The molecule has 0 bridgehead atoms. The van der Waals surface area contributed by atoms with Crippen LogP contribution in [0.15, 0.2) is 0 Å². The normalized spacial score (nSPS) is 10.8. The summed E-state index contributed by atoms with van der Waals surface area (Å²) in [4.78, 5) is 24.8. The molecule has 130 valence electrons. The minimum Gasteiger partial charge on any atom is -0.462 e. The molecule has 0 aliphatic rings. The third-order valence-corrected chi connectivity index (χ3v) is 3.65. The highest BCUT2D eigenvalue weighted by molar-refractivity contribution is 5.81. The highest BCUT2D eigenvalue weighted by atomic mass is 16.5. The SMILES string of the molecule is CCCCCCCCCCCC(=O)N(C)CC(=O)OC(C)C. The summed E-state index contributed by atoms with van der Waals surface area (Å²) in [6.07, 6.45) is 11.5. The molecule has 4 nitrogen and oxygen atoms in total. The van der Waals surface area contributed by atoms with Crippen molar-refractivity contribution < 1.29 is 14.3 Å². The van der Waals surface area contributed by atoms with Crippen LogP contribution in [0.25, 0.3) is 0 Å². The van der Waals surface area contributed by atoms with E-state index in [1.54, 1.807) is 7.05 Å². The molecule has 0 fully saturated rings. The van der Waals surface area contributed by atoms with E-state index in [-0.39, 0.29) is 24.5 Å². The Morgan fingerprint density at radius 1 is 0.909 bits per heavy atom. The molecule has 0 unspecified atom stereocenters. The zero-order chi connectivity index (χ0) is 16.8. The van der Waals surface area contributed by atoms with Crippen molar-refractivity contribution in [1.82, 2.24) is 4.90 Å². The average molecular weight is 313 g/mol. The second-order valence-electron chi connectivity index (χ2n) is 6.37. The van der Waals surface area contributed by atoms with Gasteiger partial charge in [-0.25, -0.2) is 0 Å². The van der Waals surface area contributed by atoms with E-state index in [4.69, 9.17) is 4.74 Å². The van der Waals surface area contributed by atoms with Gasteiger partial charge in [0.1, 0.15) is 6.54 Å². The Hall–Kier alpha value is -1.06. The molecule has 0 rings (SSSR count). The number of amides is 1. The first-order valence-corrected chi connectivity index (χ1v) is 8.90. The Bertz CT molecular complexity index is 303. The third kappa shape index (κ3) is 12.7. The summed E-state index contributed by atoms with van der Waals surface area (Å²) in [6, 6.07) is 0. The molecule has 0 aliphatic heterocycles. The lowest BCUT2D eigenvalue weighted by Crippen LogP contribution is -2.33. The maximum atomic E-state index is 11.9. The fourth-order valence-electron chi connectivity index (χ4n) is 2.36. The van der Waals surface area contributed by atoms with Crippen LogP contribution in [0.2, 0.25) is 0 Å². The van der Waals surface area contributed by atoms with Gasteiger partial charge in [-0.15, -0.1) is 0 Å². The Labute approximate surface area is 136 Å². The van der Waals surface area contributed by atoms with E-state index >= 15 is 0 Å². The molecule has 0 heterocycles. The second-order valence-corrected chi connectivity index (χ2v) is 6.37. The predicted octanol–water partition coefficient (Wildman–Crippen LogP) is 4.32. The van der Waals surface area contributed by atoms with Gasteiger partial charge in [-0.2, -0.15) is 0 Å². The Balaban J connectivity index is 3.54. The molecule has 0 aliphatic carbocycles. The Kier molecular flexibility index (Phi) is 12.9. The molecule has 0 aromatic carbocycles. The van der Waals surface area contributed by atoms with Crippen LogP contribution in [0, 0.1) is 0 Å². The number of esters is 1. The lowest BCUT2D eigenvalue weighted by molar-refractivity contribution is -0.151. The summed E-state index contributed by atoms with van der Waals surface area (Å²) in [5, 5.41) is 0. The molecule has 0 aromatic heterocycles. The molecule has 0 atom stereocenters. The minimum atomic E-state index is -0.335. The number of nitrogens with zero attached hydrogens (tertiary/aromatic N) is 1. The summed E-state index contributed by atoms with van der Waals surface area (Å²) in [5.41, 5.74) is 0. The van der Waals surface area contributed by atoms with Crippen LogP contribution in [-0.4, -0.2) is 36.5 Å². The molecule has 0 saturated heterocycles. The fourth-order valence-corrected chi connectivity index (χ4v) is 2.36. The summed E-state index contributed by atoms with van der Waals surface area (Å²) >= 11 is 0. The van der Waals surface area contributed by atoms with E-state index in [9.17, 15) is 9.59 Å². The molecule has 1 amide bonds. The van der Waals surface area contributed by atoms with Gasteiger partial charge in [0.25, 0.3) is 0 Å². The van der Waals surface area contributed by atoms with Crippen molar-refractivity contribution in [2.45, 2.75) is 91.1 Å². The van der Waals surface area contributed by atoms with Gasteiger partial charge in [0, 0.05) is 13.5 Å². The van der Waals surface area contributed by atoms with Crippen molar-refractivity contribution in [1.29, 1.82) is 0 Å². The molecule has 0 spiro atoms. The van der Waals surface area contributed by atoms with Gasteiger partial charge in [-0.05, 0) is 20.3 Å². The third-order valence-electron chi connectivity index (χ3n) is 3.65. The Morgan fingerprint density at radius 2 is 1.41 bits per heavy atom. The number of carbonyl (C=O) groups is 2. The number of hydrogen-bond acceptors (Lipinski definition) is 3. The van der Waals surface area contributed by atoms with Crippen LogP contribution < -0.4 is 0 Å². The maximum absolute atomic E-state index is 11.9. The number of ether oxygens (including phenoxy) is 1. The van der Waals surface area contributed by atoms with Gasteiger partial charge in [-0.3, -0.25) is 9.59 Å². The van der Waals surface area contributed by atoms with Gasteiger partial charge < -0.3 is 9.64 Å². The van der Waals surface area contributed by atoms with Crippen molar-refractivity contribution >= 4 is 11.9 Å². The van der Waals surface area contributed by atoms with Gasteiger partial charge in [0.2, 0.25) is 5.91 Å². The zero-order valence-corrected chi connectivity index (χ0v) is 15.0. The first kappa shape index (κ1) is 20.9. The van der Waals surface area contributed by atoms with E-state index < -0.39 is 0 Å². The molecule has 0 aromatic rings. The van der Waals surface area contributed by atoms with Gasteiger partial charge in [0.15, 0.2) is 0 Å². The van der Waals surface area contributed by atoms with Crippen LogP contribution in [0.5, 0.6) is 0 Å². The largest absolute Gasteiger partial charge is 0.462 e. The van der Waals surface area contributed by atoms with E-state index in [2.05, 4.69) is 6.92 Å². The quantitative estimate of drug-likeness (QED) is 0.376. The van der Waals surface area contributed by atoms with E-state index in [0.717, 1.165) is 12.8 Å². The molecular weight excluding hydrogens is 278 g/mol. The van der Waals surface area contributed by atoms with Crippen molar-refractivity contribution in [3.8, 4) is 0 Å². The van der Waals surface area contributed by atoms with E-state index in [1.165, 1.54) is 49.8 Å². The summed E-state index contributed by atoms with van der Waals surface area (Å²) in [7, 11) is 1.66. The molecule has 0 N–H and O–H groups in total.